The minimum Gasteiger partial charge on any atom is -0.492 e. The van der Waals surface area contributed by atoms with Gasteiger partial charge in [-0.15, -0.1) is 0 Å². The molecule has 0 bridgehead atoms. The Morgan fingerprint density at radius 2 is 1.17 bits per heavy atom. The molecule has 0 spiro atoms. The minimum atomic E-state index is -0.198. The molecule has 6 nitrogen and oxygen atoms in total. The van der Waals surface area contributed by atoms with Crippen molar-refractivity contribution >= 4 is 35.3 Å². The van der Waals surface area contributed by atoms with Crippen LogP contribution in [0.15, 0.2) is 31.7 Å². The molecule has 10 heteroatoms. The van der Waals surface area contributed by atoms with Crippen molar-refractivity contribution in [2.24, 2.45) is 0 Å². The molecule has 1 aromatic carbocycles. The van der Waals surface area contributed by atoms with E-state index < -0.39 is 0 Å². The van der Waals surface area contributed by atoms with E-state index in [0.29, 0.717) is 30.5 Å². The summed E-state index contributed by atoms with van der Waals surface area (Å²) in [6.45, 7) is 14.2. The number of hydrogen-bond acceptors (Lipinski definition) is 6. The zero-order valence-corrected chi connectivity index (χ0v) is 28.0. The predicted molar refractivity (Wildman–Crippen MR) is 139 cm³/mol. The maximum absolute atomic E-state index is 13.4. The van der Waals surface area contributed by atoms with Crippen molar-refractivity contribution in [3.8, 4) is 11.5 Å². The molecule has 0 unspecified atom stereocenters. The summed E-state index contributed by atoms with van der Waals surface area (Å²) in [6, 6.07) is 3.84. The fourth-order valence-electron chi connectivity index (χ4n) is 3.63. The topological polar surface area (TPSA) is 59.1 Å². The predicted octanol–water partition coefficient (Wildman–Crippen LogP) is 0.276. The summed E-state index contributed by atoms with van der Waals surface area (Å²) in [5.74, 6) is 1.11. The van der Waals surface area contributed by atoms with E-state index in [1.807, 2.05) is 12.1 Å². The van der Waals surface area contributed by atoms with Crippen LogP contribution in [-0.4, -0.2) is 48.1 Å². The van der Waals surface area contributed by atoms with Crippen molar-refractivity contribution < 1.29 is 78.2 Å². The van der Waals surface area contributed by atoms with E-state index in [2.05, 4.69) is 27.7 Å². The van der Waals surface area contributed by atoms with Gasteiger partial charge >= 0.3 is 59.1 Å². The molecule has 2 heterocycles. The molecule has 0 N–H and O–H groups in total. The molecule has 1 saturated heterocycles. The third kappa shape index (κ3) is 8.35. The van der Waals surface area contributed by atoms with Crippen molar-refractivity contribution in [2.75, 3.05) is 26.3 Å². The molecule has 2 amide bonds. The second kappa shape index (κ2) is 17.7. The van der Waals surface area contributed by atoms with Gasteiger partial charge in [0.1, 0.15) is 17.1 Å². The van der Waals surface area contributed by atoms with Crippen LogP contribution in [0.1, 0.15) is 65.2 Å². The average molecular weight is 551 g/mol. The van der Waals surface area contributed by atoms with Crippen molar-refractivity contribution in [3.05, 3.63) is 35.8 Å². The monoisotopic (exact) mass is 550 g/mol. The first-order valence-electron chi connectivity index (χ1n) is 12.3. The molecule has 3 rings (SSSR count). The largest absolute Gasteiger partial charge is 1.00 e. The molecule has 1 fully saturated rings. The van der Waals surface area contributed by atoms with Gasteiger partial charge in [-0.05, 0) is 37.8 Å². The first kappa shape index (κ1) is 34.2. The molecule has 0 saturated carbocycles. The summed E-state index contributed by atoms with van der Waals surface area (Å²) in [7, 11) is 0. The second-order valence-electron chi connectivity index (χ2n) is 8.26. The maximum atomic E-state index is 13.4. The summed E-state index contributed by atoms with van der Waals surface area (Å²) >= 11 is 2.89. The number of nitrogens with zero attached hydrogens (tertiary/aromatic N) is 2. The minimum absolute atomic E-state index is 0. The van der Waals surface area contributed by atoms with Gasteiger partial charge in [-0.2, -0.15) is 12.8 Å². The van der Waals surface area contributed by atoms with E-state index in [-0.39, 0.29) is 76.5 Å². The van der Waals surface area contributed by atoms with Gasteiger partial charge in [0.15, 0.2) is 0 Å². The van der Waals surface area contributed by atoms with Crippen LogP contribution in [0, 0.1) is 13.8 Å². The van der Waals surface area contributed by atoms with Crippen LogP contribution in [0.25, 0.3) is 0 Å². The number of rotatable bonds is 14. The Morgan fingerprint density at radius 3 is 1.53 bits per heavy atom. The molecule has 0 atom stereocenters. The van der Waals surface area contributed by atoms with Crippen molar-refractivity contribution in [1.29, 1.82) is 0 Å². The van der Waals surface area contributed by atoms with E-state index in [4.69, 9.17) is 9.47 Å². The summed E-state index contributed by atoms with van der Waals surface area (Å²) in [5, 5.41) is 3.29. The third-order valence-corrected chi connectivity index (χ3v) is 8.20. The Morgan fingerprint density at radius 1 is 0.750 bits per heavy atom. The number of carbonyl (C=O) groups is 2. The SMILES string of the molecule is [CH2-]CCCOc1ccc(OCCC[CH2-])c2c1SC(=C1C(=O)N(CCCC)N(CCCC)C1=O)S2.[Na+].[Na+]. The van der Waals surface area contributed by atoms with Crippen LogP contribution in [0.5, 0.6) is 11.5 Å². The molecule has 0 aliphatic carbocycles. The molecule has 1 aromatic rings. The van der Waals surface area contributed by atoms with Gasteiger partial charge in [0.05, 0.1) is 27.2 Å². The smallest absolute Gasteiger partial charge is 0.492 e. The molecule has 2 aliphatic heterocycles. The van der Waals surface area contributed by atoms with E-state index in [1.54, 1.807) is 10.0 Å². The van der Waals surface area contributed by atoms with E-state index >= 15 is 0 Å². The Hall–Kier alpha value is 0.200. The molecule has 0 radical (unpaired) electrons. The van der Waals surface area contributed by atoms with Crippen LogP contribution < -0.4 is 68.6 Å². The average Bonchev–Trinajstić information content (AvgIpc) is 3.36. The van der Waals surface area contributed by atoms with E-state index in [9.17, 15) is 9.59 Å². The third-order valence-electron chi connectivity index (χ3n) is 5.57. The summed E-state index contributed by atoms with van der Waals surface area (Å²) in [6.07, 6.45) is 6.96. The van der Waals surface area contributed by atoms with Crippen LogP contribution >= 0.6 is 23.5 Å². The first-order valence-corrected chi connectivity index (χ1v) is 13.9. The van der Waals surface area contributed by atoms with Crippen LogP contribution in [-0.2, 0) is 9.59 Å². The van der Waals surface area contributed by atoms with Crippen molar-refractivity contribution in [2.45, 2.75) is 75.0 Å². The van der Waals surface area contributed by atoms with Crippen molar-refractivity contribution in [1.82, 2.24) is 10.0 Å². The Kier molecular flexibility index (Phi) is 16.8. The van der Waals surface area contributed by atoms with Gasteiger partial charge in [-0.25, -0.2) is 10.0 Å². The van der Waals surface area contributed by atoms with Crippen LogP contribution in [0.3, 0.4) is 0 Å². The number of unbranched alkanes of at least 4 members (excludes halogenated alkanes) is 4. The standard InChI is InChI=1S/C26H36N2O4S2.2Na/c1-5-9-15-27-24(29)21(25(30)28(27)16-10-6-2)26-33-22-19(31-17-11-7-3)13-14-20(23(22)34-26)32-18-12-8-4;;/h13-14H,3-12,15-18H2,1-2H3;;/q-2;2*+1. The van der Waals surface area contributed by atoms with Gasteiger partial charge in [0.2, 0.25) is 0 Å². The van der Waals surface area contributed by atoms with Gasteiger partial charge in [-0.3, -0.25) is 9.59 Å². The van der Waals surface area contributed by atoms with Gasteiger partial charge < -0.3 is 23.3 Å². The number of hydrogen-bond donors (Lipinski definition) is 0. The fraction of sp³-hybridized carbons (Fsp3) is 0.538. The molecular weight excluding hydrogens is 514 g/mol. The second-order valence-corrected chi connectivity index (χ2v) is 10.6. The number of carbonyl (C=O) groups excluding carboxylic acids is 2. The molecular formula is C26H36N2Na2O4S2. The normalized spacial score (nSPS) is 14.7. The first-order chi connectivity index (χ1) is 16.6. The van der Waals surface area contributed by atoms with Gasteiger partial charge in [0, 0.05) is 13.1 Å². The maximum Gasteiger partial charge on any atom is 1.00 e. The van der Waals surface area contributed by atoms with E-state index in [0.717, 1.165) is 72.7 Å². The quantitative estimate of drug-likeness (QED) is 0.109. The summed E-state index contributed by atoms with van der Waals surface area (Å²) in [5.41, 5.74) is 0.269. The molecule has 0 aromatic heterocycles. The zero-order valence-electron chi connectivity index (χ0n) is 22.4. The Labute approximate surface area is 269 Å². The Balaban J connectivity index is 0.00000324. The van der Waals surface area contributed by atoms with Crippen LogP contribution in [0.4, 0.5) is 0 Å². The molecule has 2 aliphatic rings. The number of hydrazine groups is 1. The summed E-state index contributed by atoms with van der Waals surface area (Å²) < 4.78 is 12.8. The Bertz CT molecular complexity index is 845. The van der Waals surface area contributed by atoms with Gasteiger partial charge in [-0.1, -0.05) is 50.2 Å². The van der Waals surface area contributed by atoms with Gasteiger partial charge in [0.25, 0.3) is 11.8 Å². The number of ether oxygens (including phenoxy) is 2. The van der Waals surface area contributed by atoms with Crippen LogP contribution in [0.2, 0.25) is 0 Å². The number of benzene rings is 1. The fourth-order valence-corrected chi connectivity index (χ4v) is 6.31. The molecule has 188 valence electrons. The number of fused-ring (bicyclic) bond motifs is 1. The molecule has 36 heavy (non-hydrogen) atoms. The van der Waals surface area contributed by atoms with E-state index in [1.165, 1.54) is 23.5 Å². The van der Waals surface area contributed by atoms with Crippen molar-refractivity contribution in [3.63, 3.8) is 0 Å². The number of amides is 2. The zero-order chi connectivity index (χ0) is 24.5. The summed E-state index contributed by atoms with van der Waals surface area (Å²) in [4.78, 5) is 28.7. The number of thioether (sulfide) groups is 2.